The Morgan fingerprint density at radius 1 is 1.33 bits per heavy atom. The monoisotopic (exact) mass is 360 g/mol. The molecule has 0 amide bonds. The van der Waals surface area contributed by atoms with E-state index in [9.17, 15) is 10.1 Å². The molecule has 1 aliphatic carbocycles. The highest BCUT2D eigenvalue weighted by atomic mass is 35.5. The minimum Gasteiger partial charge on any atom is -0.361 e. The number of carbonyl (C=O) groups is 1. The topological polar surface area (TPSA) is 52.9 Å². The number of nitriles is 1. The summed E-state index contributed by atoms with van der Waals surface area (Å²) in [4.78, 5) is 12.9. The maximum atomic E-state index is 12.9. The van der Waals surface area contributed by atoms with E-state index in [0.29, 0.717) is 27.7 Å². The van der Waals surface area contributed by atoms with Crippen LogP contribution in [-0.2, 0) is 4.79 Å². The second-order valence-corrected chi connectivity index (χ2v) is 8.08. The van der Waals surface area contributed by atoms with Crippen LogP contribution in [0.4, 0.5) is 0 Å². The van der Waals surface area contributed by atoms with Gasteiger partial charge in [-0.2, -0.15) is 5.26 Å². The van der Waals surface area contributed by atoms with Gasteiger partial charge in [-0.25, -0.2) is 0 Å². The van der Waals surface area contributed by atoms with Crippen LogP contribution in [0.2, 0.25) is 10.0 Å². The summed E-state index contributed by atoms with van der Waals surface area (Å²) in [5.74, 6) is -0.891. The molecular formula is C19H18Cl2N2O. The Bertz CT molecular complexity index is 817. The Morgan fingerprint density at radius 2 is 2.04 bits per heavy atom. The Labute approximate surface area is 151 Å². The number of Topliss-reactive ketones (excluding diaryl/α,β-unsaturated/α-hetero) is 1. The summed E-state index contributed by atoms with van der Waals surface area (Å²) in [5, 5.41) is 13.9. The first-order valence-corrected chi connectivity index (χ1v) is 8.56. The lowest BCUT2D eigenvalue weighted by Crippen LogP contribution is -2.40. The van der Waals surface area contributed by atoms with Gasteiger partial charge in [-0.05, 0) is 29.5 Å². The zero-order valence-electron chi connectivity index (χ0n) is 13.6. The van der Waals surface area contributed by atoms with Gasteiger partial charge in [0.1, 0.15) is 0 Å². The number of benzene rings is 1. The summed E-state index contributed by atoms with van der Waals surface area (Å²) in [7, 11) is 0. The van der Waals surface area contributed by atoms with Gasteiger partial charge in [-0.15, -0.1) is 0 Å². The van der Waals surface area contributed by atoms with Crippen molar-refractivity contribution < 1.29 is 4.79 Å². The van der Waals surface area contributed by atoms with Crippen LogP contribution in [0.5, 0.6) is 0 Å². The normalized spacial score (nSPS) is 25.8. The van der Waals surface area contributed by atoms with Crippen molar-refractivity contribution in [1.82, 2.24) is 5.32 Å². The highest BCUT2D eigenvalue weighted by molar-refractivity contribution is 6.35. The highest BCUT2D eigenvalue weighted by Gasteiger charge is 2.44. The third kappa shape index (κ3) is 2.85. The van der Waals surface area contributed by atoms with Gasteiger partial charge >= 0.3 is 0 Å². The number of ketones is 1. The van der Waals surface area contributed by atoms with Crippen LogP contribution in [0.1, 0.15) is 38.2 Å². The van der Waals surface area contributed by atoms with E-state index >= 15 is 0 Å². The molecule has 3 nitrogen and oxygen atoms in total. The molecule has 2 unspecified atom stereocenters. The van der Waals surface area contributed by atoms with E-state index < -0.39 is 11.8 Å². The molecule has 2 aliphatic rings. The van der Waals surface area contributed by atoms with Crippen molar-refractivity contribution in [3.8, 4) is 6.07 Å². The van der Waals surface area contributed by atoms with E-state index in [2.05, 4.69) is 31.8 Å². The lowest BCUT2D eigenvalue weighted by molar-refractivity contribution is -0.118. The number of nitrogens with one attached hydrogen (secondary N) is 1. The number of halogens is 2. The molecule has 1 heterocycles. The Kier molecular flexibility index (Phi) is 4.23. The van der Waals surface area contributed by atoms with Crippen molar-refractivity contribution in [2.45, 2.75) is 32.6 Å². The molecule has 0 fully saturated rings. The lowest BCUT2D eigenvalue weighted by Gasteiger charge is -2.41. The van der Waals surface area contributed by atoms with Gasteiger partial charge < -0.3 is 5.32 Å². The molecule has 1 aromatic carbocycles. The molecule has 0 radical (unpaired) electrons. The third-order valence-electron chi connectivity index (χ3n) is 4.69. The number of hydrogen-bond acceptors (Lipinski definition) is 3. The molecule has 1 aromatic rings. The first-order chi connectivity index (χ1) is 11.2. The summed E-state index contributed by atoms with van der Waals surface area (Å²) in [5.41, 5.74) is 2.77. The van der Waals surface area contributed by atoms with Gasteiger partial charge in [-0.3, -0.25) is 4.79 Å². The standard InChI is InChI=1S/C19H18Cl2N2O/c1-10-13(9-22)17(12-5-4-11(20)6-14(12)21)18-15(23-10)7-19(2,3)8-16(18)24/h4-6,13,17,23H,1,7-8H2,2-3H3. The quantitative estimate of drug-likeness (QED) is 0.768. The SMILES string of the molecule is C=C1NC2=C(C(=O)CC(C)(C)C2)C(c2ccc(Cl)cc2Cl)C1C#N. The van der Waals surface area contributed by atoms with Gasteiger partial charge in [0.15, 0.2) is 5.78 Å². The smallest absolute Gasteiger partial charge is 0.161 e. The van der Waals surface area contributed by atoms with Crippen LogP contribution in [0.3, 0.4) is 0 Å². The van der Waals surface area contributed by atoms with Crippen molar-refractivity contribution >= 4 is 29.0 Å². The minimum atomic E-state index is -0.549. The van der Waals surface area contributed by atoms with Gasteiger partial charge in [0.2, 0.25) is 0 Å². The van der Waals surface area contributed by atoms with Crippen LogP contribution >= 0.6 is 23.2 Å². The summed E-state index contributed by atoms with van der Waals surface area (Å²) in [6.07, 6.45) is 1.20. The van der Waals surface area contributed by atoms with Crippen LogP contribution in [-0.4, -0.2) is 5.78 Å². The summed E-state index contributed by atoms with van der Waals surface area (Å²) in [6.45, 7) is 8.14. The second-order valence-electron chi connectivity index (χ2n) is 7.23. The number of carbonyl (C=O) groups excluding carboxylic acids is 1. The van der Waals surface area contributed by atoms with Crippen molar-refractivity contribution in [2.24, 2.45) is 11.3 Å². The average Bonchev–Trinajstić information content (AvgIpc) is 2.44. The number of nitrogens with zero attached hydrogens (tertiary/aromatic N) is 1. The molecule has 0 saturated carbocycles. The van der Waals surface area contributed by atoms with E-state index in [1.54, 1.807) is 18.2 Å². The van der Waals surface area contributed by atoms with Crippen molar-refractivity contribution in [1.29, 1.82) is 5.26 Å². The molecule has 1 aliphatic heterocycles. The predicted molar refractivity (Wildman–Crippen MR) is 95.6 cm³/mol. The second kappa shape index (κ2) is 5.95. The Balaban J connectivity index is 2.21. The molecule has 24 heavy (non-hydrogen) atoms. The molecule has 0 bridgehead atoms. The van der Waals surface area contributed by atoms with Crippen LogP contribution < -0.4 is 5.32 Å². The first-order valence-electron chi connectivity index (χ1n) is 7.80. The Hall–Kier alpha value is -1.76. The van der Waals surface area contributed by atoms with Crippen LogP contribution in [0.15, 0.2) is 41.7 Å². The van der Waals surface area contributed by atoms with Crippen molar-refractivity contribution in [3.63, 3.8) is 0 Å². The fourth-order valence-electron chi connectivity index (χ4n) is 3.69. The van der Waals surface area contributed by atoms with E-state index in [4.69, 9.17) is 23.2 Å². The van der Waals surface area contributed by atoms with Crippen LogP contribution in [0.25, 0.3) is 0 Å². The molecule has 1 N–H and O–H groups in total. The molecule has 0 saturated heterocycles. The summed E-state index contributed by atoms with van der Waals surface area (Å²) >= 11 is 12.4. The number of rotatable bonds is 1. The number of allylic oxidation sites excluding steroid dienone is 3. The maximum absolute atomic E-state index is 12.9. The molecule has 0 spiro atoms. The van der Waals surface area contributed by atoms with Crippen molar-refractivity contribution in [2.75, 3.05) is 0 Å². The molecule has 5 heteroatoms. The van der Waals surface area contributed by atoms with E-state index in [1.807, 2.05) is 0 Å². The number of hydrogen-bond donors (Lipinski definition) is 1. The summed E-state index contributed by atoms with van der Waals surface area (Å²) in [6, 6.07) is 7.46. The Morgan fingerprint density at radius 3 is 2.67 bits per heavy atom. The zero-order chi connectivity index (χ0) is 17.6. The van der Waals surface area contributed by atoms with E-state index in [1.165, 1.54) is 0 Å². The lowest BCUT2D eigenvalue weighted by atomic mass is 9.67. The molecule has 0 aromatic heterocycles. The summed E-state index contributed by atoms with van der Waals surface area (Å²) < 4.78 is 0. The highest BCUT2D eigenvalue weighted by Crippen LogP contribution is 2.49. The van der Waals surface area contributed by atoms with Gasteiger partial charge in [0.25, 0.3) is 0 Å². The molecular weight excluding hydrogens is 343 g/mol. The van der Waals surface area contributed by atoms with Gasteiger partial charge in [0, 0.05) is 39.4 Å². The minimum absolute atomic E-state index is 0.0671. The van der Waals surface area contributed by atoms with Crippen LogP contribution in [0, 0.1) is 22.7 Å². The fourth-order valence-corrected chi connectivity index (χ4v) is 4.21. The van der Waals surface area contributed by atoms with E-state index in [0.717, 1.165) is 17.7 Å². The predicted octanol–water partition coefficient (Wildman–Crippen LogP) is 4.98. The van der Waals surface area contributed by atoms with Crippen molar-refractivity contribution in [3.05, 3.63) is 57.4 Å². The maximum Gasteiger partial charge on any atom is 0.161 e. The first kappa shape index (κ1) is 17.1. The van der Waals surface area contributed by atoms with E-state index in [-0.39, 0.29) is 11.2 Å². The molecule has 2 atom stereocenters. The fraction of sp³-hybridized carbons (Fsp3) is 0.368. The molecule has 3 rings (SSSR count). The molecule has 124 valence electrons. The zero-order valence-corrected chi connectivity index (χ0v) is 15.1. The largest absolute Gasteiger partial charge is 0.361 e. The van der Waals surface area contributed by atoms with Gasteiger partial charge in [0.05, 0.1) is 12.0 Å². The van der Waals surface area contributed by atoms with Gasteiger partial charge in [-0.1, -0.05) is 49.7 Å². The third-order valence-corrected chi connectivity index (χ3v) is 5.25. The average molecular weight is 361 g/mol.